The van der Waals surface area contributed by atoms with Crippen LogP contribution in [0.1, 0.15) is 11.1 Å². The number of rotatable bonds is 6. The fourth-order valence-electron chi connectivity index (χ4n) is 2.61. The molecule has 0 amide bonds. The number of nitrogens with zero attached hydrogens (tertiary/aromatic N) is 2. The number of halogens is 2. The Morgan fingerprint density at radius 3 is 2.62 bits per heavy atom. The van der Waals surface area contributed by atoms with E-state index in [2.05, 4.69) is 44.5 Å². The Hall–Kier alpha value is -2.79. The van der Waals surface area contributed by atoms with Gasteiger partial charge in [0.25, 0.3) is 0 Å². The first-order valence-electron chi connectivity index (χ1n) is 7.99. The lowest BCUT2D eigenvalue weighted by Crippen LogP contribution is -2.04. The van der Waals surface area contributed by atoms with Crippen LogP contribution in [0.2, 0.25) is 0 Å². The molecule has 3 aromatic rings. The number of pyridine rings is 1. The summed E-state index contributed by atoms with van der Waals surface area (Å²) >= 11 is 3.40. The highest BCUT2D eigenvalue weighted by atomic mass is 79.9. The Morgan fingerprint density at radius 1 is 1.15 bits per heavy atom. The van der Waals surface area contributed by atoms with Crippen molar-refractivity contribution in [2.75, 3.05) is 5.32 Å². The molecular formula is C21H17BrFN3. The second-order valence-electron chi connectivity index (χ2n) is 5.64. The van der Waals surface area contributed by atoms with Crippen LogP contribution in [0.3, 0.4) is 0 Å². The smallest absolute Gasteiger partial charge is 0.173 e. The number of hydrogen-bond acceptors (Lipinski definition) is 3. The number of benzene rings is 2. The molecule has 0 spiro atoms. The molecule has 26 heavy (non-hydrogen) atoms. The van der Waals surface area contributed by atoms with Crippen molar-refractivity contribution in [2.24, 2.45) is 4.99 Å². The van der Waals surface area contributed by atoms with Gasteiger partial charge in [0, 0.05) is 28.3 Å². The van der Waals surface area contributed by atoms with Crippen LogP contribution in [-0.2, 0) is 6.54 Å². The zero-order valence-corrected chi connectivity index (χ0v) is 15.6. The molecule has 0 atom stereocenters. The van der Waals surface area contributed by atoms with E-state index in [9.17, 15) is 4.39 Å². The first-order valence-corrected chi connectivity index (χ1v) is 8.78. The molecule has 0 radical (unpaired) electrons. The van der Waals surface area contributed by atoms with Crippen molar-refractivity contribution in [3.63, 3.8) is 0 Å². The predicted octanol–water partition coefficient (Wildman–Crippen LogP) is 6.24. The highest BCUT2D eigenvalue weighted by Gasteiger charge is 2.12. The van der Waals surface area contributed by atoms with Crippen molar-refractivity contribution >= 4 is 40.2 Å². The molecule has 0 unspecified atom stereocenters. The van der Waals surface area contributed by atoms with E-state index < -0.39 is 0 Å². The van der Waals surface area contributed by atoms with E-state index in [1.807, 2.05) is 36.4 Å². The van der Waals surface area contributed by atoms with Gasteiger partial charge in [0.2, 0.25) is 0 Å². The van der Waals surface area contributed by atoms with Crippen LogP contribution in [0.4, 0.5) is 15.9 Å². The van der Waals surface area contributed by atoms with Crippen molar-refractivity contribution in [1.29, 1.82) is 0 Å². The van der Waals surface area contributed by atoms with Crippen LogP contribution in [0.25, 0.3) is 17.2 Å². The third-order valence-corrected chi connectivity index (χ3v) is 4.52. The first-order chi connectivity index (χ1) is 12.6. The minimum atomic E-state index is -0.390. The molecule has 0 aliphatic carbocycles. The summed E-state index contributed by atoms with van der Waals surface area (Å²) in [7, 11) is 0. The summed E-state index contributed by atoms with van der Waals surface area (Å²) in [5.74, 6) is -0.171. The molecule has 1 heterocycles. The fraction of sp³-hybridized carbons (Fsp3) is 0.0476. The van der Waals surface area contributed by atoms with Gasteiger partial charge in [0.1, 0.15) is 0 Å². The molecule has 1 aromatic heterocycles. The SMILES string of the molecule is C=Cc1cc(-c2ccnc(NCc3ccc(Br)cc3)c2F)ccc1N=C. The molecule has 0 aliphatic heterocycles. The summed E-state index contributed by atoms with van der Waals surface area (Å²) in [5.41, 5.74) is 3.76. The fourth-order valence-corrected chi connectivity index (χ4v) is 2.87. The van der Waals surface area contributed by atoms with Gasteiger partial charge in [-0.15, -0.1) is 0 Å². The van der Waals surface area contributed by atoms with Crippen LogP contribution in [0.5, 0.6) is 0 Å². The van der Waals surface area contributed by atoms with E-state index in [4.69, 9.17) is 0 Å². The molecule has 0 aliphatic rings. The van der Waals surface area contributed by atoms with Crippen LogP contribution in [0, 0.1) is 5.82 Å². The van der Waals surface area contributed by atoms with Crippen LogP contribution in [0.15, 0.2) is 70.8 Å². The topological polar surface area (TPSA) is 37.3 Å². The largest absolute Gasteiger partial charge is 0.364 e. The summed E-state index contributed by atoms with van der Waals surface area (Å²) in [6.07, 6.45) is 3.27. The highest BCUT2D eigenvalue weighted by molar-refractivity contribution is 9.10. The zero-order valence-electron chi connectivity index (χ0n) is 14.0. The van der Waals surface area contributed by atoms with Gasteiger partial charge in [0.15, 0.2) is 11.6 Å². The lowest BCUT2D eigenvalue weighted by atomic mass is 10.0. The summed E-state index contributed by atoms with van der Waals surface area (Å²) in [6.45, 7) is 7.80. The van der Waals surface area contributed by atoms with Gasteiger partial charge < -0.3 is 5.32 Å². The average Bonchev–Trinajstić information content (AvgIpc) is 2.68. The van der Waals surface area contributed by atoms with Crippen molar-refractivity contribution in [1.82, 2.24) is 4.98 Å². The van der Waals surface area contributed by atoms with E-state index in [1.54, 1.807) is 24.4 Å². The van der Waals surface area contributed by atoms with Gasteiger partial charge in [-0.3, -0.25) is 4.99 Å². The van der Waals surface area contributed by atoms with E-state index in [0.29, 0.717) is 17.8 Å². The summed E-state index contributed by atoms with van der Waals surface area (Å²) in [4.78, 5) is 8.07. The molecule has 0 fully saturated rings. The Kier molecular flexibility index (Phi) is 5.58. The molecular weight excluding hydrogens is 393 g/mol. The first kappa shape index (κ1) is 18.0. The lowest BCUT2D eigenvalue weighted by Gasteiger charge is -2.11. The second kappa shape index (κ2) is 8.06. The highest BCUT2D eigenvalue weighted by Crippen LogP contribution is 2.31. The van der Waals surface area contributed by atoms with Crippen LogP contribution >= 0.6 is 15.9 Å². The van der Waals surface area contributed by atoms with Crippen molar-refractivity contribution in [3.8, 4) is 11.1 Å². The number of aromatic nitrogens is 1. The van der Waals surface area contributed by atoms with Crippen LogP contribution < -0.4 is 5.32 Å². The molecule has 3 nitrogen and oxygen atoms in total. The number of anilines is 1. The Bertz CT molecular complexity index is 952. The number of hydrogen-bond donors (Lipinski definition) is 1. The summed E-state index contributed by atoms with van der Waals surface area (Å²) < 4.78 is 16.0. The maximum atomic E-state index is 14.9. The number of aliphatic imine (C=N–C) groups is 1. The van der Waals surface area contributed by atoms with Crippen molar-refractivity contribution in [3.05, 3.63) is 82.7 Å². The van der Waals surface area contributed by atoms with Gasteiger partial charge in [-0.05, 0) is 48.2 Å². The lowest BCUT2D eigenvalue weighted by molar-refractivity contribution is 0.628. The summed E-state index contributed by atoms with van der Waals surface area (Å²) in [5, 5.41) is 3.06. The molecule has 5 heteroatoms. The Labute approximate surface area is 160 Å². The third kappa shape index (κ3) is 3.89. The molecule has 1 N–H and O–H groups in total. The van der Waals surface area contributed by atoms with E-state index in [0.717, 1.165) is 21.2 Å². The van der Waals surface area contributed by atoms with Crippen LogP contribution in [-0.4, -0.2) is 11.7 Å². The molecule has 0 bridgehead atoms. The third-order valence-electron chi connectivity index (χ3n) is 3.99. The molecule has 3 rings (SSSR count). The standard InChI is InChI=1S/C21H17BrFN3/c1-3-15-12-16(6-9-19(15)24-2)18-10-11-25-21(20(18)23)26-13-14-4-7-17(22)8-5-14/h3-12H,1-2,13H2,(H,25,26). The number of nitrogens with one attached hydrogen (secondary N) is 1. The minimum Gasteiger partial charge on any atom is -0.364 e. The maximum Gasteiger partial charge on any atom is 0.173 e. The minimum absolute atomic E-state index is 0.219. The van der Waals surface area contributed by atoms with Crippen molar-refractivity contribution in [2.45, 2.75) is 6.54 Å². The Balaban J connectivity index is 1.88. The monoisotopic (exact) mass is 409 g/mol. The molecule has 0 saturated heterocycles. The Morgan fingerprint density at radius 2 is 1.92 bits per heavy atom. The second-order valence-corrected chi connectivity index (χ2v) is 6.55. The molecule has 2 aromatic carbocycles. The quantitative estimate of drug-likeness (QED) is 0.489. The summed E-state index contributed by atoms with van der Waals surface area (Å²) in [6, 6.07) is 14.9. The van der Waals surface area contributed by atoms with Gasteiger partial charge in [-0.2, -0.15) is 0 Å². The van der Waals surface area contributed by atoms with Gasteiger partial charge in [-0.25, -0.2) is 9.37 Å². The van der Waals surface area contributed by atoms with E-state index >= 15 is 0 Å². The normalized spacial score (nSPS) is 10.4. The maximum absolute atomic E-state index is 14.9. The van der Waals surface area contributed by atoms with Crippen molar-refractivity contribution < 1.29 is 4.39 Å². The average molecular weight is 410 g/mol. The van der Waals surface area contributed by atoms with E-state index in [-0.39, 0.29) is 11.6 Å². The van der Waals surface area contributed by atoms with Gasteiger partial charge in [0.05, 0.1) is 5.69 Å². The van der Waals surface area contributed by atoms with E-state index in [1.165, 1.54) is 0 Å². The van der Waals surface area contributed by atoms with Gasteiger partial charge in [-0.1, -0.05) is 46.8 Å². The molecule has 130 valence electrons. The zero-order chi connectivity index (χ0) is 18.5. The van der Waals surface area contributed by atoms with Gasteiger partial charge >= 0.3 is 0 Å². The predicted molar refractivity (Wildman–Crippen MR) is 110 cm³/mol. The molecule has 0 saturated carbocycles.